The number of rotatable bonds is 5. The lowest BCUT2D eigenvalue weighted by atomic mass is 10.1. The molecule has 1 saturated heterocycles. The molecule has 0 unspecified atom stereocenters. The monoisotopic (exact) mass is 197 g/mol. The summed E-state index contributed by atoms with van der Waals surface area (Å²) in [5, 5.41) is 2.97. The second-order valence-electron chi connectivity index (χ2n) is 4.42. The first-order chi connectivity index (χ1) is 6.84. The summed E-state index contributed by atoms with van der Waals surface area (Å²) >= 11 is 0. The molecule has 0 bridgehead atoms. The van der Waals surface area contributed by atoms with E-state index < -0.39 is 0 Å². The van der Waals surface area contributed by atoms with Gasteiger partial charge in [-0.3, -0.25) is 4.79 Å². The van der Waals surface area contributed by atoms with Crippen LogP contribution in [0, 0.1) is 5.92 Å². The number of ether oxygens (including phenoxy) is 1. The van der Waals surface area contributed by atoms with Gasteiger partial charge in [-0.15, -0.1) is 0 Å². The van der Waals surface area contributed by atoms with Crippen molar-refractivity contribution in [3.8, 4) is 0 Å². The number of nitrogens with one attached hydrogen (secondary N) is 1. The molecule has 3 heteroatoms. The van der Waals surface area contributed by atoms with Crippen LogP contribution in [0.4, 0.5) is 0 Å². The lowest BCUT2D eigenvalue weighted by molar-refractivity contribution is -0.121. The van der Waals surface area contributed by atoms with Crippen LogP contribution in [0.2, 0.25) is 0 Å². The first-order valence-corrected chi connectivity index (χ1v) is 5.73. The Morgan fingerprint density at radius 1 is 1.36 bits per heavy atom. The molecule has 0 radical (unpaired) electrons. The normalized spacial score (nSPS) is 26.4. The smallest absolute Gasteiger partial charge is 0.220 e. The molecule has 0 spiro atoms. The lowest BCUT2D eigenvalue weighted by Gasteiger charge is -2.08. The Bertz CT molecular complexity index is 195. The molecule has 1 aliphatic carbocycles. The summed E-state index contributed by atoms with van der Waals surface area (Å²) in [5.74, 6) is 0.981. The number of carbonyl (C=O) groups excluding carboxylic acids is 1. The van der Waals surface area contributed by atoms with Crippen molar-refractivity contribution >= 4 is 5.91 Å². The van der Waals surface area contributed by atoms with Crippen LogP contribution in [0.3, 0.4) is 0 Å². The Labute approximate surface area is 85.2 Å². The van der Waals surface area contributed by atoms with Crippen LogP contribution in [-0.4, -0.2) is 25.2 Å². The Morgan fingerprint density at radius 2 is 2.21 bits per heavy atom. The Morgan fingerprint density at radius 3 is 2.86 bits per heavy atom. The maximum Gasteiger partial charge on any atom is 0.220 e. The molecule has 2 fully saturated rings. The first-order valence-electron chi connectivity index (χ1n) is 5.73. The highest BCUT2D eigenvalue weighted by atomic mass is 16.5. The van der Waals surface area contributed by atoms with Crippen molar-refractivity contribution in [1.29, 1.82) is 0 Å². The van der Waals surface area contributed by atoms with Crippen molar-refractivity contribution in [2.24, 2.45) is 5.92 Å². The zero-order valence-corrected chi connectivity index (χ0v) is 8.63. The van der Waals surface area contributed by atoms with Crippen molar-refractivity contribution in [3.05, 3.63) is 0 Å². The molecule has 0 aromatic carbocycles. The van der Waals surface area contributed by atoms with Crippen LogP contribution < -0.4 is 5.32 Å². The summed E-state index contributed by atoms with van der Waals surface area (Å²) in [5.41, 5.74) is 0. The average Bonchev–Trinajstić information content (AvgIpc) is 2.87. The summed E-state index contributed by atoms with van der Waals surface area (Å²) in [4.78, 5) is 11.4. The lowest BCUT2D eigenvalue weighted by Crippen LogP contribution is -2.26. The topological polar surface area (TPSA) is 38.3 Å². The number of carbonyl (C=O) groups is 1. The SMILES string of the molecule is O=C(CC[C@H]1CCCO1)NCC1CC1. The molecule has 80 valence electrons. The fourth-order valence-corrected chi connectivity index (χ4v) is 1.83. The minimum Gasteiger partial charge on any atom is -0.378 e. The van der Waals surface area contributed by atoms with Gasteiger partial charge >= 0.3 is 0 Å². The highest BCUT2D eigenvalue weighted by Crippen LogP contribution is 2.27. The Hall–Kier alpha value is -0.570. The van der Waals surface area contributed by atoms with Gasteiger partial charge < -0.3 is 10.1 Å². The van der Waals surface area contributed by atoms with Crippen molar-refractivity contribution in [1.82, 2.24) is 5.32 Å². The largest absolute Gasteiger partial charge is 0.378 e. The number of hydrogen-bond acceptors (Lipinski definition) is 2. The maximum atomic E-state index is 11.4. The van der Waals surface area contributed by atoms with E-state index in [-0.39, 0.29) is 5.91 Å². The molecule has 0 aromatic heterocycles. The third kappa shape index (κ3) is 3.29. The molecular weight excluding hydrogens is 178 g/mol. The molecule has 2 aliphatic rings. The fraction of sp³-hybridized carbons (Fsp3) is 0.909. The van der Waals surface area contributed by atoms with Crippen molar-refractivity contribution in [2.45, 2.75) is 44.6 Å². The van der Waals surface area contributed by atoms with Gasteiger partial charge in [-0.05, 0) is 38.0 Å². The third-order valence-electron chi connectivity index (χ3n) is 3.00. The van der Waals surface area contributed by atoms with E-state index in [0.29, 0.717) is 12.5 Å². The summed E-state index contributed by atoms with van der Waals surface area (Å²) in [7, 11) is 0. The minimum atomic E-state index is 0.201. The molecule has 14 heavy (non-hydrogen) atoms. The van der Waals surface area contributed by atoms with Gasteiger partial charge in [-0.25, -0.2) is 0 Å². The van der Waals surface area contributed by atoms with E-state index in [1.807, 2.05) is 0 Å². The van der Waals surface area contributed by atoms with E-state index in [1.165, 1.54) is 12.8 Å². The zero-order valence-electron chi connectivity index (χ0n) is 8.63. The summed E-state index contributed by atoms with van der Waals surface area (Å²) < 4.78 is 5.46. The summed E-state index contributed by atoms with van der Waals surface area (Å²) in [6.45, 7) is 1.78. The zero-order chi connectivity index (χ0) is 9.80. The van der Waals surface area contributed by atoms with Crippen molar-refractivity contribution in [2.75, 3.05) is 13.2 Å². The molecule has 3 nitrogen and oxygen atoms in total. The van der Waals surface area contributed by atoms with E-state index in [2.05, 4.69) is 5.32 Å². The van der Waals surface area contributed by atoms with Crippen molar-refractivity contribution < 1.29 is 9.53 Å². The molecule has 1 heterocycles. The third-order valence-corrected chi connectivity index (χ3v) is 3.00. The molecule has 1 aliphatic heterocycles. The highest BCUT2D eigenvalue weighted by molar-refractivity contribution is 5.75. The van der Waals surface area contributed by atoms with Crippen LogP contribution in [-0.2, 0) is 9.53 Å². The molecule has 1 N–H and O–H groups in total. The summed E-state index contributed by atoms with van der Waals surface area (Å²) in [6, 6.07) is 0. The fourth-order valence-electron chi connectivity index (χ4n) is 1.83. The van der Waals surface area contributed by atoms with Gasteiger partial charge in [-0.1, -0.05) is 0 Å². The highest BCUT2D eigenvalue weighted by Gasteiger charge is 2.22. The maximum absolute atomic E-state index is 11.4. The average molecular weight is 197 g/mol. The van der Waals surface area contributed by atoms with E-state index in [4.69, 9.17) is 4.74 Å². The van der Waals surface area contributed by atoms with Crippen LogP contribution >= 0.6 is 0 Å². The number of amides is 1. The molecule has 1 saturated carbocycles. The van der Waals surface area contributed by atoms with E-state index in [9.17, 15) is 4.79 Å². The van der Waals surface area contributed by atoms with Gasteiger partial charge in [-0.2, -0.15) is 0 Å². The second kappa shape index (κ2) is 4.78. The standard InChI is InChI=1S/C11H19NO2/c13-11(12-8-9-3-4-9)6-5-10-2-1-7-14-10/h9-10H,1-8H2,(H,12,13)/t10-/m1/s1. The van der Waals surface area contributed by atoms with E-state index >= 15 is 0 Å². The first kappa shape index (κ1) is 9.97. The second-order valence-corrected chi connectivity index (χ2v) is 4.42. The Kier molecular flexibility index (Phi) is 3.40. The Balaban J connectivity index is 1.52. The number of hydrogen-bond donors (Lipinski definition) is 1. The van der Waals surface area contributed by atoms with Gasteiger partial charge in [0.15, 0.2) is 0 Å². The predicted octanol–water partition coefficient (Wildman–Crippen LogP) is 1.47. The van der Waals surface area contributed by atoms with Gasteiger partial charge in [0.1, 0.15) is 0 Å². The van der Waals surface area contributed by atoms with Gasteiger partial charge in [0.05, 0.1) is 6.10 Å². The quantitative estimate of drug-likeness (QED) is 0.725. The van der Waals surface area contributed by atoms with Gasteiger partial charge in [0, 0.05) is 19.6 Å². The molecular formula is C11H19NO2. The van der Waals surface area contributed by atoms with Gasteiger partial charge in [0.2, 0.25) is 5.91 Å². The van der Waals surface area contributed by atoms with Crippen LogP contribution in [0.1, 0.15) is 38.5 Å². The minimum absolute atomic E-state index is 0.201. The van der Waals surface area contributed by atoms with E-state index in [1.54, 1.807) is 0 Å². The molecule has 1 atom stereocenters. The molecule has 2 rings (SSSR count). The van der Waals surface area contributed by atoms with Crippen LogP contribution in [0.15, 0.2) is 0 Å². The predicted molar refractivity (Wildman–Crippen MR) is 53.9 cm³/mol. The molecule has 0 aromatic rings. The van der Waals surface area contributed by atoms with Gasteiger partial charge in [0.25, 0.3) is 0 Å². The van der Waals surface area contributed by atoms with Crippen molar-refractivity contribution in [3.63, 3.8) is 0 Å². The van der Waals surface area contributed by atoms with E-state index in [0.717, 1.165) is 38.3 Å². The summed E-state index contributed by atoms with van der Waals surface area (Å²) in [6.07, 6.45) is 6.78. The molecule has 1 amide bonds. The van der Waals surface area contributed by atoms with Crippen LogP contribution in [0.25, 0.3) is 0 Å². The van der Waals surface area contributed by atoms with Crippen LogP contribution in [0.5, 0.6) is 0 Å².